The van der Waals surface area contributed by atoms with E-state index in [9.17, 15) is 10.2 Å². The minimum atomic E-state index is -0.608. The van der Waals surface area contributed by atoms with Crippen LogP contribution in [0.25, 0.3) is 0 Å². The Hall–Kier alpha value is -0.320. The van der Waals surface area contributed by atoms with Gasteiger partial charge in [-0.1, -0.05) is 35.3 Å². The summed E-state index contributed by atoms with van der Waals surface area (Å²) in [6.45, 7) is 4.40. The molecule has 0 spiro atoms. The number of piperidine rings is 1. The zero-order valence-corrected chi connectivity index (χ0v) is 13.2. The Labute approximate surface area is 130 Å². The van der Waals surface area contributed by atoms with Crippen molar-refractivity contribution in [3.63, 3.8) is 0 Å². The largest absolute Gasteiger partial charge is 0.390 e. The molecule has 0 bridgehead atoms. The maximum absolute atomic E-state index is 10.2. The third-order valence-corrected chi connectivity index (χ3v) is 4.83. The second-order valence-corrected chi connectivity index (χ2v) is 6.57. The molecule has 0 amide bonds. The average Bonchev–Trinajstić information content (AvgIpc) is 2.40. The van der Waals surface area contributed by atoms with Crippen LogP contribution in [0.15, 0.2) is 18.2 Å². The number of hydrogen-bond donors (Lipinski definition) is 2. The SMILES string of the molecule is CC1(O)CCN(CCC(O)c2cccc(Cl)c2Cl)CC1. The lowest BCUT2D eigenvalue weighted by Gasteiger charge is -2.36. The molecule has 1 aromatic rings. The smallest absolute Gasteiger partial charge is 0.0817 e. The molecule has 0 aliphatic carbocycles. The molecule has 1 saturated heterocycles. The van der Waals surface area contributed by atoms with Crippen molar-refractivity contribution in [2.45, 2.75) is 37.9 Å². The van der Waals surface area contributed by atoms with E-state index in [1.807, 2.05) is 6.92 Å². The Morgan fingerprint density at radius 3 is 2.60 bits per heavy atom. The van der Waals surface area contributed by atoms with E-state index in [2.05, 4.69) is 4.90 Å². The van der Waals surface area contributed by atoms with E-state index in [-0.39, 0.29) is 0 Å². The van der Waals surface area contributed by atoms with Gasteiger partial charge in [0.1, 0.15) is 0 Å². The molecule has 2 N–H and O–H groups in total. The van der Waals surface area contributed by atoms with Gasteiger partial charge in [0.2, 0.25) is 0 Å². The van der Waals surface area contributed by atoms with Gasteiger partial charge >= 0.3 is 0 Å². The quantitative estimate of drug-likeness (QED) is 0.895. The van der Waals surface area contributed by atoms with E-state index in [0.717, 1.165) is 32.5 Å². The van der Waals surface area contributed by atoms with E-state index in [1.54, 1.807) is 18.2 Å². The van der Waals surface area contributed by atoms with Crippen LogP contribution in [0.3, 0.4) is 0 Å². The molecular weight excluding hydrogens is 297 g/mol. The van der Waals surface area contributed by atoms with Crippen LogP contribution in [0, 0.1) is 0 Å². The molecule has 5 heteroatoms. The first-order valence-electron chi connectivity index (χ1n) is 6.96. The summed E-state index contributed by atoms with van der Waals surface area (Å²) < 4.78 is 0. The van der Waals surface area contributed by atoms with E-state index < -0.39 is 11.7 Å². The summed E-state index contributed by atoms with van der Waals surface area (Å²) in [5, 5.41) is 21.0. The first-order valence-corrected chi connectivity index (χ1v) is 7.71. The predicted octanol–water partition coefficient (Wildman–Crippen LogP) is 3.26. The van der Waals surface area contributed by atoms with Crippen LogP contribution < -0.4 is 0 Å². The molecule has 0 saturated carbocycles. The highest BCUT2D eigenvalue weighted by atomic mass is 35.5. The van der Waals surface area contributed by atoms with Crippen LogP contribution in [0.5, 0.6) is 0 Å². The maximum atomic E-state index is 10.2. The van der Waals surface area contributed by atoms with E-state index in [4.69, 9.17) is 23.2 Å². The molecule has 112 valence electrons. The molecule has 0 aromatic heterocycles. The topological polar surface area (TPSA) is 43.7 Å². The van der Waals surface area contributed by atoms with Gasteiger partial charge in [0.25, 0.3) is 0 Å². The average molecular weight is 318 g/mol. The van der Waals surface area contributed by atoms with Crippen LogP contribution >= 0.6 is 23.2 Å². The zero-order valence-electron chi connectivity index (χ0n) is 11.6. The van der Waals surface area contributed by atoms with Gasteiger partial charge < -0.3 is 15.1 Å². The molecule has 1 aromatic carbocycles. The summed E-state index contributed by atoms with van der Waals surface area (Å²) in [6.07, 6.45) is 1.56. The highest BCUT2D eigenvalue weighted by Gasteiger charge is 2.27. The Morgan fingerprint density at radius 2 is 1.95 bits per heavy atom. The summed E-state index contributed by atoms with van der Waals surface area (Å²) in [5.41, 5.74) is 0.147. The molecular formula is C15H21Cl2NO2. The monoisotopic (exact) mass is 317 g/mol. The number of rotatable bonds is 4. The Bertz CT molecular complexity index is 455. The highest BCUT2D eigenvalue weighted by molar-refractivity contribution is 6.42. The van der Waals surface area contributed by atoms with Gasteiger partial charge in [0, 0.05) is 25.2 Å². The summed E-state index contributed by atoms with van der Waals surface area (Å²) in [6, 6.07) is 5.32. The van der Waals surface area contributed by atoms with Crippen molar-refractivity contribution in [3.05, 3.63) is 33.8 Å². The third kappa shape index (κ3) is 4.09. The van der Waals surface area contributed by atoms with Crippen molar-refractivity contribution in [1.82, 2.24) is 4.90 Å². The van der Waals surface area contributed by atoms with Gasteiger partial charge in [-0.3, -0.25) is 0 Å². The van der Waals surface area contributed by atoms with Crippen LogP contribution in [-0.2, 0) is 0 Å². The number of aliphatic hydroxyl groups is 2. The fraction of sp³-hybridized carbons (Fsp3) is 0.600. The minimum absolute atomic E-state index is 0.434. The molecule has 1 aliphatic rings. The molecule has 2 rings (SSSR count). The van der Waals surface area contributed by atoms with E-state index >= 15 is 0 Å². The molecule has 20 heavy (non-hydrogen) atoms. The number of hydrogen-bond acceptors (Lipinski definition) is 3. The molecule has 0 radical (unpaired) electrons. The fourth-order valence-electron chi connectivity index (χ4n) is 2.50. The Balaban J connectivity index is 1.87. The minimum Gasteiger partial charge on any atom is -0.390 e. The second-order valence-electron chi connectivity index (χ2n) is 5.79. The fourth-order valence-corrected chi connectivity index (χ4v) is 2.93. The molecule has 1 unspecified atom stereocenters. The summed E-state index contributed by atoms with van der Waals surface area (Å²) in [4.78, 5) is 2.26. The van der Waals surface area contributed by atoms with Crippen LogP contribution in [-0.4, -0.2) is 40.3 Å². The number of halogens is 2. The number of nitrogens with zero attached hydrogens (tertiary/aromatic N) is 1. The van der Waals surface area contributed by atoms with Crippen molar-refractivity contribution in [2.75, 3.05) is 19.6 Å². The van der Waals surface area contributed by atoms with Gasteiger partial charge in [-0.05, 0) is 32.3 Å². The normalized spacial score (nSPS) is 20.9. The molecule has 3 nitrogen and oxygen atoms in total. The number of likely N-dealkylation sites (tertiary alicyclic amines) is 1. The standard InChI is InChI=1S/C15H21Cl2NO2/c1-15(20)6-9-18(10-7-15)8-5-13(19)11-3-2-4-12(16)14(11)17/h2-4,13,19-20H,5-10H2,1H3. The lowest BCUT2D eigenvalue weighted by atomic mass is 9.93. The van der Waals surface area contributed by atoms with Crippen molar-refractivity contribution in [3.8, 4) is 0 Å². The molecule has 1 heterocycles. The first kappa shape index (κ1) is 16.1. The predicted molar refractivity (Wildman–Crippen MR) is 82.3 cm³/mol. The lowest BCUT2D eigenvalue weighted by Crippen LogP contribution is -2.42. The van der Waals surface area contributed by atoms with Crippen molar-refractivity contribution < 1.29 is 10.2 Å². The van der Waals surface area contributed by atoms with Gasteiger partial charge in [-0.15, -0.1) is 0 Å². The van der Waals surface area contributed by atoms with E-state index in [0.29, 0.717) is 22.0 Å². The van der Waals surface area contributed by atoms with Crippen molar-refractivity contribution >= 4 is 23.2 Å². The molecule has 1 atom stereocenters. The van der Waals surface area contributed by atoms with Gasteiger partial charge in [0.15, 0.2) is 0 Å². The first-order chi connectivity index (χ1) is 9.39. The molecule has 1 fully saturated rings. The highest BCUT2D eigenvalue weighted by Crippen LogP contribution is 2.31. The van der Waals surface area contributed by atoms with Crippen molar-refractivity contribution in [2.24, 2.45) is 0 Å². The lowest BCUT2D eigenvalue weighted by molar-refractivity contribution is -0.00812. The third-order valence-electron chi connectivity index (χ3n) is 3.99. The number of aliphatic hydroxyl groups excluding tert-OH is 1. The summed E-state index contributed by atoms with van der Waals surface area (Å²) in [5.74, 6) is 0. The zero-order chi connectivity index (χ0) is 14.8. The Morgan fingerprint density at radius 1 is 1.30 bits per heavy atom. The van der Waals surface area contributed by atoms with Gasteiger partial charge in [0.05, 0.1) is 21.8 Å². The maximum Gasteiger partial charge on any atom is 0.0817 e. The molecule has 1 aliphatic heterocycles. The summed E-state index contributed by atoms with van der Waals surface area (Å²) in [7, 11) is 0. The van der Waals surface area contributed by atoms with Gasteiger partial charge in [-0.25, -0.2) is 0 Å². The van der Waals surface area contributed by atoms with Crippen LogP contribution in [0.4, 0.5) is 0 Å². The van der Waals surface area contributed by atoms with Crippen LogP contribution in [0.1, 0.15) is 37.9 Å². The van der Waals surface area contributed by atoms with Crippen LogP contribution in [0.2, 0.25) is 10.0 Å². The van der Waals surface area contributed by atoms with E-state index in [1.165, 1.54) is 0 Å². The van der Waals surface area contributed by atoms with Crippen molar-refractivity contribution in [1.29, 1.82) is 0 Å². The Kier molecular flexibility index (Phi) is 5.32. The second kappa shape index (κ2) is 6.63. The van der Waals surface area contributed by atoms with Gasteiger partial charge in [-0.2, -0.15) is 0 Å². The summed E-state index contributed by atoms with van der Waals surface area (Å²) >= 11 is 12.1. The number of benzene rings is 1.